The first-order valence-electron chi connectivity index (χ1n) is 8.90. The van der Waals surface area contributed by atoms with Gasteiger partial charge in [-0.1, -0.05) is 17.7 Å². The summed E-state index contributed by atoms with van der Waals surface area (Å²) in [4.78, 5) is 19.1. The molecule has 6 nitrogen and oxygen atoms in total. The Morgan fingerprint density at radius 1 is 1.11 bits per heavy atom. The second-order valence-corrected chi connectivity index (χ2v) is 7.22. The zero-order valence-electron chi connectivity index (χ0n) is 16.1. The van der Waals surface area contributed by atoms with Crippen LogP contribution in [0.5, 0.6) is 0 Å². The van der Waals surface area contributed by atoms with E-state index in [9.17, 15) is 4.79 Å². The highest BCUT2D eigenvalue weighted by Gasteiger charge is 2.17. The van der Waals surface area contributed by atoms with Crippen LogP contribution in [0.2, 0.25) is 5.02 Å². The summed E-state index contributed by atoms with van der Waals surface area (Å²) < 4.78 is 3.68. The van der Waals surface area contributed by atoms with E-state index in [1.807, 2.05) is 67.9 Å². The number of imidazole rings is 1. The predicted molar refractivity (Wildman–Crippen MR) is 111 cm³/mol. The van der Waals surface area contributed by atoms with Crippen LogP contribution in [0.4, 0.5) is 5.69 Å². The summed E-state index contributed by atoms with van der Waals surface area (Å²) in [7, 11) is 1.76. The molecule has 28 heavy (non-hydrogen) atoms. The van der Waals surface area contributed by atoms with E-state index in [4.69, 9.17) is 11.6 Å². The van der Waals surface area contributed by atoms with Gasteiger partial charge in [0.25, 0.3) is 5.91 Å². The lowest BCUT2D eigenvalue weighted by molar-refractivity contribution is 0.0993. The normalized spacial score (nSPS) is 11.2. The van der Waals surface area contributed by atoms with Crippen molar-refractivity contribution in [3.63, 3.8) is 0 Å². The molecule has 0 bridgehead atoms. The predicted octanol–water partition coefficient (Wildman–Crippen LogP) is 4.38. The standard InChI is InChI=1S/C21H20ClN5O/c1-13-11-26-12-18(8-9-19(26)23-13)25(4)21(28)16-6-5-7-17(10-16)27-15(3)20(22)14(2)24-27/h5-12H,1-4H3. The van der Waals surface area contributed by atoms with Gasteiger partial charge in [-0.05, 0) is 51.1 Å². The van der Waals surface area contributed by atoms with E-state index >= 15 is 0 Å². The fraction of sp³-hybridized carbons (Fsp3) is 0.190. The third-order valence-electron chi connectivity index (χ3n) is 4.79. The van der Waals surface area contributed by atoms with Crippen molar-refractivity contribution in [2.75, 3.05) is 11.9 Å². The summed E-state index contributed by atoms with van der Waals surface area (Å²) in [6.07, 6.45) is 3.84. The van der Waals surface area contributed by atoms with Crippen molar-refractivity contribution in [3.8, 4) is 5.69 Å². The Morgan fingerprint density at radius 3 is 2.61 bits per heavy atom. The average molecular weight is 394 g/mol. The number of nitrogens with zero attached hydrogens (tertiary/aromatic N) is 5. The molecule has 4 aromatic rings. The van der Waals surface area contributed by atoms with E-state index in [0.717, 1.165) is 34.1 Å². The molecule has 0 aliphatic carbocycles. The van der Waals surface area contributed by atoms with Crippen LogP contribution in [0.1, 0.15) is 27.4 Å². The van der Waals surface area contributed by atoms with Crippen molar-refractivity contribution in [3.05, 3.63) is 76.5 Å². The van der Waals surface area contributed by atoms with Gasteiger partial charge in [0.2, 0.25) is 0 Å². The number of anilines is 1. The molecule has 0 atom stereocenters. The maximum absolute atomic E-state index is 13.1. The first-order chi connectivity index (χ1) is 13.3. The van der Waals surface area contributed by atoms with Crippen molar-refractivity contribution < 1.29 is 4.79 Å². The first-order valence-corrected chi connectivity index (χ1v) is 9.28. The Morgan fingerprint density at radius 2 is 1.89 bits per heavy atom. The smallest absolute Gasteiger partial charge is 0.258 e. The number of rotatable bonds is 3. The minimum atomic E-state index is -0.106. The molecular weight excluding hydrogens is 374 g/mol. The summed E-state index contributed by atoms with van der Waals surface area (Å²) in [5, 5.41) is 5.11. The number of amides is 1. The van der Waals surface area contributed by atoms with Gasteiger partial charge in [0, 0.05) is 25.0 Å². The number of halogens is 1. The quantitative estimate of drug-likeness (QED) is 0.519. The highest BCUT2D eigenvalue weighted by Crippen LogP contribution is 2.24. The Balaban J connectivity index is 1.67. The van der Waals surface area contributed by atoms with Gasteiger partial charge in [0.1, 0.15) is 5.65 Å². The summed E-state index contributed by atoms with van der Waals surface area (Å²) in [5.74, 6) is -0.106. The molecule has 0 spiro atoms. The monoisotopic (exact) mass is 393 g/mol. The molecule has 0 saturated carbocycles. The second kappa shape index (κ2) is 6.80. The molecule has 0 aliphatic rings. The van der Waals surface area contributed by atoms with Crippen molar-refractivity contribution >= 4 is 28.8 Å². The topological polar surface area (TPSA) is 55.4 Å². The fourth-order valence-corrected chi connectivity index (χ4v) is 3.38. The number of aromatic nitrogens is 4. The minimum Gasteiger partial charge on any atom is -0.310 e. The lowest BCUT2D eigenvalue weighted by Crippen LogP contribution is -2.26. The SMILES string of the molecule is Cc1cn2cc(N(C)C(=O)c3cccc(-n4nc(C)c(Cl)c4C)c3)ccc2n1. The molecule has 1 aromatic carbocycles. The zero-order chi connectivity index (χ0) is 20.0. The number of carbonyl (C=O) groups is 1. The van der Waals surface area contributed by atoms with Crippen LogP contribution in [0.15, 0.2) is 48.8 Å². The molecule has 0 radical (unpaired) electrons. The second-order valence-electron chi connectivity index (χ2n) is 6.85. The molecule has 0 fully saturated rings. The molecule has 0 saturated heterocycles. The number of carbonyl (C=O) groups excluding carboxylic acids is 1. The Kier molecular flexibility index (Phi) is 4.43. The van der Waals surface area contributed by atoms with E-state index in [0.29, 0.717) is 10.6 Å². The van der Waals surface area contributed by atoms with Gasteiger partial charge >= 0.3 is 0 Å². The van der Waals surface area contributed by atoms with Crippen molar-refractivity contribution in [1.82, 2.24) is 19.2 Å². The number of benzene rings is 1. The van der Waals surface area contributed by atoms with Gasteiger partial charge in [0.05, 0.1) is 33.5 Å². The van der Waals surface area contributed by atoms with Gasteiger partial charge in [-0.15, -0.1) is 0 Å². The molecule has 0 unspecified atom stereocenters. The fourth-order valence-electron chi connectivity index (χ4n) is 3.26. The number of hydrogen-bond acceptors (Lipinski definition) is 3. The van der Waals surface area contributed by atoms with Crippen LogP contribution in [-0.4, -0.2) is 32.1 Å². The lowest BCUT2D eigenvalue weighted by atomic mass is 10.1. The summed E-state index contributed by atoms with van der Waals surface area (Å²) in [6.45, 7) is 5.71. The van der Waals surface area contributed by atoms with Crippen LogP contribution < -0.4 is 4.90 Å². The molecule has 7 heteroatoms. The van der Waals surface area contributed by atoms with Gasteiger partial charge in [-0.2, -0.15) is 5.10 Å². The zero-order valence-corrected chi connectivity index (χ0v) is 16.9. The van der Waals surface area contributed by atoms with Crippen molar-refractivity contribution in [2.24, 2.45) is 0 Å². The molecule has 142 valence electrons. The number of aryl methyl sites for hydroxylation is 2. The van der Waals surface area contributed by atoms with E-state index in [-0.39, 0.29) is 5.91 Å². The summed E-state index contributed by atoms with van der Waals surface area (Å²) in [5.41, 5.74) is 5.55. The molecule has 0 aliphatic heterocycles. The van der Waals surface area contributed by atoms with Crippen LogP contribution in [-0.2, 0) is 0 Å². The summed E-state index contributed by atoms with van der Waals surface area (Å²) in [6, 6.07) is 11.2. The largest absolute Gasteiger partial charge is 0.310 e. The Hall–Kier alpha value is -3.12. The van der Waals surface area contributed by atoms with Gasteiger partial charge in [-0.25, -0.2) is 9.67 Å². The molecular formula is C21H20ClN5O. The number of fused-ring (bicyclic) bond motifs is 1. The molecule has 4 rings (SSSR count). The van der Waals surface area contributed by atoms with Gasteiger partial charge < -0.3 is 9.30 Å². The van der Waals surface area contributed by atoms with E-state index in [2.05, 4.69) is 10.1 Å². The molecule has 0 N–H and O–H groups in total. The molecule has 1 amide bonds. The first kappa shape index (κ1) is 18.3. The van der Waals surface area contributed by atoms with Gasteiger partial charge in [-0.3, -0.25) is 4.79 Å². The van der Waals surface area contributed by atoms with Crippen molar-refractivity contribution in [2.45, 2.75) is 20.8 Å². The highest BCUT2D eigenvalue weighted by atomic mass is 35.5. The maximum Gasteiger partial charge on any atom is 0.258 e. The van der Waals surface area contributed by atoms with E-state index < -0.39 is 0 Å². The molecule has 3 heterocycles. The number of hydrogen-bond donors (Lipinski definition) is 0. The maximum atomic E-state index is 13.1. The third kappa shape index (κ3) is 3.05. The highest BCUT2D eigenvalue weighted by molar-refractivity contribution is 6.31. The average Bonchev–Trinajstić information content (AvgIpc) is 3.19. The van der Waals surface area contributed by atoms with Crippen LogP contribution in [0.25, 0.3) is 11.3 Å². The van der Waals surface area contributed by atoms with Crippen molar-refractivity contribution in [1.29, 1.82) is 0 Å². The summed E-state index contributed by atoms with van der Waals surface area (Å²) >= 11 is 6.26. The van der Waals surface area contributed by atoms with Gasteiger partial charge in [0.15, 0.2) is 0 Å². The Labute approximate surface area is 168 Å². The third-order valence-corrected chi connectivity index (χ3v) is 5.34. The van der Waals surface area contributed by atoms with E-state index in [1.165, 1.54) is 0 Å². The number of pyridine rings is 1. The van der Waals surface area contributed by atoms with Crippen LogP contribution >= 0.6 is 11.6 Å². The Bertz CT molecular complexity index is 1210. The minimum absolute atomic E-state index is 0.106. The van der Waals surface area contributed by atoms with E-state index in [1.54, 1.807) is 22.7 Å². The van der Waals surface area contributed by atoms with Crippen LogP contribution in [0.3, 0.4) is 0 Å². The molecule has 3 aromatic heterocycles. The van der Waals surface area contributed by atoms with Crippen LogP contribution in [0, 0.1) is 20.8 Å². The lowest BCUT2D eigenvalue weighted by Gasteiger charge is -2.18.